The van der Waals surface area contributed by atoms with E-state index < -0.39 is 0 Å². The van der Waals surface area contributed by atoms with Crippen LogP contribution in [0.3, 0.4) is 0 Å². The third kappa shape index (κ3) is 5.11. The molecule has 0 saturated heterocycles. The zero-order chi connectivity index (χ0) is 10.8. The van der Waals surface area contributed by atoms with Crippen molar-refractivity contribution in [3.05, 3.63) is 24.2 Å². The molecule has 5 heteroatoms. The summed E-state index contributed by atoms with van der Waals surface area (Å²) in [6.07, 6.45) is 2.21. The molecule has 3 nitrogen and oxygen atoms in total. The van der Waals surface area contributed by atoms with E-state index in [9.17, 15) is 0 Å². The number of hydrogen-bond acceptors (Lipinski definition) is 3. The molecule has 0 bridgehead atoms. The molecule has 0 aliphatic rings. The van der Waals surface area contributed by atoms with Crippen LogP contribution in [-0.2, 0) is 26.8 Å². The van der Waals surface area contributed by atoms with E-state index in [0.29, 0.717) is 19.0 Å². The van der Waals surface area contributed by atoms with Gasteiger partial charge in [-0.2, -0.15) is 6.07 Å². The molecule has 1 aromatic heterocycles. The molecule has 1 aromatic rings. The quantitative estimate of drug-likeness (QED) is 0.468. The Morgan fingerprint density at radius 1 is 1.43 bits per heavy atom. The van der Waals surface area contributed by atoms with Crippen LogP contribution in [0.15, 0.2) is 16.5 Å². The van der Waals surface area contributed by atoms with Gasteiger partial charge in [-0.15, -0.1) is 6.07 Å². The summed E-state index contributed by atoms with van der Waals surface area (Å²) in [7, 11) is 4.76. The summed E-state index contributed by atoms with van der Waals surface area (Å²) in [4.78, 5) is 0. The zero-order valence-electron chi connectivity index (χ0n) is 8.46. The summed E-state index contributed by atoms with van der Waals surface area (Å²) in [5.74, 6) is 0.665. The van der Waals surface area contributed by atoms with Gasteiger partial charge in [-0.05, 0) is 25.9 Å². The Bertz CT molecular complexity index is 198. The van der Waals surface area contributed by atoms with Gasteiger partial charge in [0.25, 0.3) is 0 Å². The Morgan fingerprint density at radius 2 is 2.00 bits per heavy atom. The van der Waals surface area contributed by atoms with Crippen LogP contribution in [-0.4, -0.2) is 13.2 Å². The fourth-order valence-corrected chi connectivity index (χ4v) is 0.894. The first-order valence-corrected chi connectivity index (χ1v) is 8.24. The summed E-state index contributed by atoms with van der Waals surface area (Å²) < 4.78 is 15.6. The van der Waals surface area contributed by atoms with Crippen LogP contribution in [0.1, 0.15) is 25.9 Å². The summed E-state index contributed by atoms with van der Waals surface area (Å²) in [6, 6.07) is 3.48. The van der Waals surface area contributed by atoms with Crippen LogP contribution in [0.25, 0.3) is 0 Å². The molecule has 1 heterocycles. The van der Waals surface area contributed by atoms with E-state index in [2.05, 4.69) is 6.26 Å². The van der Waals surface area contributed by atoms with Crippen LogP contribution < -0.4 is 0 Å². The summed E-state index contributed by atoms with van der Waals surface area (Å²) in [5, 5.41) is 0. The normalized spacial score (nSPS) is 9.86. The molecule has 0 aromatic carbocycles. The van der Waals surface area contributed by atoms with Crippen molar-refractivity contribution < 1.29 is 31.2 Å². The molecule has 0 spiro atoms. The Hall–Kier alpha value is 0.113. The number of halogens is 1. The monoisotopic (exact) mass is 268 g/mol. The van der Waals surface area contributed by atoms with Gasteiger partial charge in [0.05, 0.1) is 0 Å². The Labute approximate surface area is 98.4 Å². The van der Waals surface area contributed by atoms with Crippen molar-refractivity contribution in [1.29, 1.82) is 0 Å². The molecule has 0 aliphatic carbocycles. The molecule has 1 rings (SSSR count). The fraction of sp³-hybridized carbons (Fsp3) is 0.556. The van der Waals surface area contributed by atoms with Gasteiger partial charge < -0.3 is 13.9 Å². The molecule has 0 unspecified atom stereocenters. The van der Waals surface area contributed by atoms with Crippen molar-refractivity contribution in [2.45, 2.75) is 20.1 Å². The van der Waals surface area contributed by atoms with Crippen LogP contribution in [0.5, 0.6) is 0 Å². The average Bonchev–Trinajstić information content (AvgIpc) is 2.73. The first-order chi connectivity index (χ1) is 6.88. The molecule has 0 aliphatic heterocycles. The third-order valence-electron chi connectivity index (χ3n) is 1.36. The Balaban J connectivity index is 0.000000791. The van der Waals surface area contributed by atoms with Gasteiger partial charge in [-0.25, -0.2) is 0 Å². The SMILES string of the molecule is CCOC(OCC)c1cc[c-]o1.[Cl][Zn+]. The molecular formula is C9H13ClO3Zn. The van der Waals surface area contributed by atoms with Gasteiger partial charge in [-0.3, -0.25) is 0 Å². The van der Waals surface area contributed by atoms with E-state index in [1.54, 1.807) is 12.1 Å². The molecule has 0 N–H and O–H groups in total. The van der Waals surface area contributed by atoms with Gasteiger partial charge in [0.2, 0.25) is 0 Å². The molecule has 14 heavy (non-hydrogen) atoms. The van der Waals surface area contributed by atoms with Crippen molar-refractivity contribution in [1.82, 2.24) is 0 Å². The van der Waals surface area contributed by atoms with Crippen molar-refractivity contribution in [3.8, 4) is 0 Å². The second kappa shape index (κ2) is 9.66. The summed E-state index contributed by atoms with van der Waals surface area (Å²) >= 11 is 0.847. The first-order valence-electron chi connectivity index (χ1n) is 4.34. The number of furan rings is 1. The van der Waals surface area contributed by atoms with Crippen molar-refractivity contribution in [2.24, 2.45) is 0 Å². The molecule has 0 radical (unpaired) electrons. The first kappa shape index (κ1) is 14.1. The van der Waals surface area contributed by atoms with Gasteiger partial charge in [-0.1, -0.05) is 0 Å². The molecule has 0 amide bonds. The van der Waals surface area contributed by atoms with Crippen molar-refractivity contribution >= 4 is 9.69 Å². The minimum absolute atomic E-state index is 0.383. The van der Waals surface area contributed by atoms with Crippen LogP contribution in [0, 0.1) is 6.26 Å². The fourth-order valence-electron chi connectivity index (χ4n) is 0.894. The Kier molecular flexibility index (Phi) is 9.74. The topological polar surface area (TPSA) is 31.6 Å². The minimum atomic E-state index is -0.383. The van der Waals surface area contributed by atoms with Gasteiger partial charge in [0, 0.05) is 13.2 Å². The average molecular weight is 270 g/mol. The third-order valence-corrected chi connectivity index (χ3v) is 1.36. The molecular weight excluding hydrogens is 257 g/mol. The molecule has 0 saturated carbocycles. The second-order valence-corrected chi connectivity index (χ2v) is 2.20. The maximum atomic E-state index is 5.29. The second-order valence-electron chi connectivity index (χ2n) is 2.20. The van der Waals surface area contributed by atoms with E-state index in [4.69, 9.17) is 23.6 Å². The van der Waals surface area contributed by atoms with Crippen LogP contribution >= 0.6 is 9.69 Å². The van der Waals surface area contributed by atoms with Crippen LogP contribution in [0.2, 0.25) is 0 Å². The summed E-state index contributed by atoms with van der Waals surface area (Å²) in [5.41, 5.74) is 0. The Morgan fingerprint density at radius 3 is 2.36 bits per heavy atom. The van der Waals surface area contributed by atoms with Gasteiger partial charge >= 0.3 is 27.0 Å². The van der Waals surface area contributed by atoms with Gasteiger partial charge in [0.1, 0.15) is 0 Å². The number of rotatable bonds is 5. The van der Waals surface area contributed by atoms with Crippen LogP contribution in [0.4, 0.5) is 0 Å². The van der Waals surface area contributed by atoms with E-state index in [0.717, 1.165) is 17.3 Å². The molecule has 0 atom stereocenters. The van der Waals surface area contributed by atoms with E-state index in [1.165, 1.54) is 0 Å². The molecule has 76 valence electrons. The van der Waals surface area contributed by atoms with E-state index >= 15 is 0 Å². The van der Waals surface area contributed by atoms with Crippen molar-refractivity contribution in [2.75, 3.05) is 13.2 Å². The van der Waals surface area contributed by atoms with E-state index in [1.807, 2.05) is 13.8 Å². The number of ether oxygens (including phenoxy) is 2. The summed E-state index contributed by atoms with van der Waals surface area (Å²) in [6.45, 7) is 5.04. The number of hydrogen-bond donors (Lipinski definition) is 0. The standard InChI is InChI=1S/C9H13O3.ClH.Zn/c1-3-10-9(11-4-2)8-6-5-7-12-8;;/h5-6,9H,3-4H2,1-2H3;1H;/q-1;;+2/p-1. The van der Waals surface area contributed by atoms with E-state index in [-0.39, 0.29) is 6.29 Å². The maximum absolute atomic E-state index is 5.29. The predicted molar refractivity (Wildman–Crippen MR) is 49.4 cm³/mol. The van der Waals surface area contributed by atoms with Crippen molar-refractivity contribution in [3.63, 3.8) is 0 Å². The predicted octanol–water partition coefficient (Wildman–Crippen LogP) is 2.84. The van der Waals surface area contributed by atoms with Gasteiger partial charge in [0.15, 0.2) is 6.29 Å². The zero-order valence-corrected chi connectivity index (χ0v) is 12.2. The molecule has 0 fully saturated rings.